The molecule has 0 saturated heterocycles. The fraction of sp³-hybridized carbons (Fsp3) is 0.562. The summed E-state index contributed by atoms with van der Waals surface area (Å²) in [5.41, 5.74) is 0.242. The molecule has 0 radical (unpaired) electrons. The highest BCUT2D eigenvalue weighted by molar-refractivity contribution is 5.83. The lowest BCUT2D eigenvalue weighted by molar-refractivity contribution is -0.143. The minimum Gasteiger partial charge on any atom is -0.496 e. The predicted molar refractivity (Wildman–Crippen MR) is 74.8 cm³/mol. The van der Waals surface area contributed by atoms with Crippen LogP contribution in [0.15, 0.2) is 12.1 Å². The largest absolute Gasteiger partial charge is 0.496 e. The highest BCUT2D eigenvalue weighted by atomic mass is 19.1. The Morgan fingerprint density at radius 1 is 1.35 bits per heavy atom. The monoisotopic (exact) mass is 280 g/mol. The van der Waals surface area contributed by atoms with Crippen LogP contribution >= 0.6 is 0 Å². The quantitative estimate of drug-likeness (QED) is 0.911. The van der Waals surface area contributed by atoms with E-state index in [0.717, 1.165) is 12.8 Å². The summed E-state index contributed by atoms with van der Waals surface area (Å²) in [5.74, 6) is -0.822. The number of methoxy groups -OCH3 is 1. The van der Waals surface area contributed by atoms with E-state index in [9.17, 15) is 14.3 Å². The SMILES string of the molecule is COc1cc(F)c(C(C)C)cc1C1(C(=O)O)CCCC1. The van der Waals surface area contributed by atoms with E-state index in [4.69, 9.17) is 4.74 Å². The van der Waals surface area contributed by atoms with E-state index in [2.05, 4.69) is 0 Å². The molecule has 1 aliphatic rings. The van der Waals surface area contributed by atoms with Crippen molar-refractivity contribution in [3.8, 4) is 5.75 Å². The number of hydrogen-bond acceptors (Lipinski definition) is 2. The van der Waals surface area contributed by atoms with Gasteiger partial charge >= 0.3 is 5.97 Å². The van der Waals surface area contributed by atoms with Gasteiger partial charge in [0.05, 0.1) is 12.5 Å². The number of carbonyl (C=O) groups is 1. The van der Waals surface area contributed by atoms with Crippen molar-refractivity contribution in [2.24, 2.45) is 0 Å². The molecule has 110 valence electrons. The Morgan fingerprint density at radius 2 is 1.95 bits per heavy atom. The fourth-order valence-electron chi connectivity index (χ4n) is 3.13. The summed E-state index contributed by atoms with van der Waals surface area (Å²) in [7, 11) is 1.46. The third-order valence-corrected chi connectivity index (χ3v) is 4.32. The molecule has 0 heterocycles. The van der Waals surface area contributed by atoms with Crippen molar-refractivity contribution in [2.45, 2.75) is 50.9 Å². The molecule has 1 aliphatic carbocycles. The summed E-state index contributed by atoms with van der Waals surface area (Å²) in [5, 5.41) is 9.69. The van der Waals surface area contributed by atoms with Crippen LogP contribution in [0.4, 0.5) is 4.39 Å². The fourth-order valence-corrected chi connectivity index (χ4v) is 3.13. The van der Waals surface area contributed by atoms with E-state index >= 15 is 0 Å². The first-order chi connectivity index (χ1) is 9.42. The maximum absolute atomic E-state index is 14.1. The van der Waals surface area contributed by atoms with Crippen LogP contribution in [-0.4, -0.2) is 18.2 Å². The van der Waals surface area contributed by atoms with E-state index < -0.39 is 11.4 Å². The normalized spacial score (nSPS) is 17.4. The number of aliphatic carboxylic acids is 1. The van der Waals surface area contributed by atoms with Crippen molar-refractivity contribution < 1.29 is 19.0 Å². The van der Waals surface area contributed by atoms with Crippen LogP contribution in [0.2, 0.25) is 0 Å². The van der Waals surface area contributed by atoms with Crippen molar-refractivity contribution in [3.63, 3.8) is 0 Å². The molecule has 0 bridgehead atoms. The topological polar surface area (TPSA) is 46.5 Å². The molecule has 2 rings (SSSR count). The van der Waals surface area contributed by atoms with Crippen LogP contribution in [-0.2, 0) is 10.2 Å². The van der Waals surface area contributed by atoms with E-state index in [1.807, 2.05) is 13.8 Å². The Kier molecular flexibility index (Phi) is 4.02. The Balaban J connectivity index is 2.64. The molecule has 3 nitrogen and oxygen atoms in total. The van der Waals surface area contributed by atoms with Crippen LogP contribution in [0.1, 0.15) is 56.6 Å². The minimum absolute atomic E-state index is 0.00639. The van der Waals surface area contributed by atoms with Gasteiger partial charge in [0.15, 0.2) is 0 Å². The van der Waals surface area contributed by atoms with Crippen molar-refractivity contribution >= 4 is 5.97 Å². The van der Waals surface area contributed by atoms with Crippen molar-refractivity contribution in [2.75, 3.05) is 7.11 Å². The van der Waals surface area contributed by atoms with Crippen LogP contribution < -0.4 is 4.74 Å². The van der Waals surface area contributed by atoms with Crippen molar-refractivity contribution in [1.29, 1.82) is 0 Å². The number of halogens is 1. The maximum atomic E-state index is 14.1. The molecule has 1 saturated carbocycles. The highest BCUT2D eigenvalue weighted by Crippen LogP contribution is 2.46. The van der Waals surface area contributed by atoms with Gasteiger partial charge in [-0.15, -0.1) is 0 Å². The second-order valence-electron chi connectivity index (χ2n) is 5.82. The molecular formula is C16H21FO3. The highest BCUT2D eigenvalue weighted by Gasteiger charge is 2.45. The first-order valence-corrected chi connectivity index (χ1v) is 7.03. The summed E-state index contributed by atoms with van der Waals surface area (Å²) < 4.78 is 19.3. The zero-order valence-corrected chi connectivity index (χ0v) is 12.2. The third-order valence-electron chi connectivity index (χ3n) is 4.32. The smallest absolute Gasteiger partial charge is 0.314 e. The zero-order valence-electron chi connectivity index (χ0n) is 12.2. The van der Waals surface area contributed by atoms with Crippen LogP contribution in [0, 0.1) is 5.82 Å². The first kappa shape index (κ1) is 14.8. The second-order valence-corrected chi connectivity index (χ2v) is 5.82. The molecule has 0 unspecified atom stereocenters. The van der Waals surface area contributed by atoms with Crippen LogP contribution in [0.3, 0.4) is 0 Å². The van der Waals surface area contributed by atoms with E-state index in [1.54, 1.807) is 6.07 Å². The van der Waals surface area contributed by atoms with Crippen LogP contribution in [0.5, 0.6) is 5.75 Å². The molecular weight excluding hydrogens is 259 g/mol. The number of ether oxygens (including phenoxy) is 1. The summed E-state index contributed by atoms with van der Waals surface area (Å²) in [4.78, 5) is 11.8. The summed E-state index contributed by atoms with van der Waals surface area (Å²) in [6.45, 7) is 3.80. The molecule has 1 aromatic rings. The molecule has 1 aromatic carbocycles. The number of benzene rings is 1. The molecule has 4 heteroatoms. The molecule has 0 amide bonds. The van der Waals surface area contributed by atoms with Gasteiger partial charge in [0.2, 0.25) is 0 Å². The van der Waals surface area contributed by atoms with Gasteiger partial charge in [-0.3, -0.25) is 4.79 Å². The Morgan fingerprint density at radius 3 is 2.40 bits per heavy atom. The average Bonchev–Trinajstić information content (AvgIpc) is 2.88. The van der Waals surface area contributed by atoms with Gasteiger partial charge in [-0.1, -0.05) is 26.7 Å². The predicted octanol–water partition coefficient (Wildman–Crippen LogP) is 3.85. The third kappa shape index (κ3) is 2.28. The molecule has 0 atom stereocenters. The van der Waals surface area contributed by atoms with Gasteiger partial charge in [0.25, 0.3) is 0 Å². The Hall–Kier alpha value is -1.58. The molecule has 20 heavy (non-hydrogen) atoms. The average molecular weight is 280 g/mol. The van der Waals surface area contributed by atoms with Gasteiger partial charge in [-0.2, -0.15) is 0 Å². The number of carboxylic acid groups (broad SMARTS) is 1. The maximum Gasteiger partial charge on any atom is 0.314 e. The van der Waals surface area contributed by atoms with Crippen LogP contribution in [0.25, 0.3) is 0 Å². The molecule has 1 fully saturated rings. The minimum atomic E-state index is -0.928. The van der Waals surface area contributed by atoms with E-state index in [0.29, 0.717) is 29.7 Å². The van der Waals surface area contributed by atoms with Crippen molar-refractivity contribution in [3.05, 3.63) is 29.1 Å². The molecule has 1 N–H and O–H groups in total. The molecule has 0 spiro atoms. The van der Waals surface area contributed by atoms with E-state index in [1.165, 1.54) is 13.2 Å². The van der Waals surface area contributed by atoms with Gasteiger partial charge in [-0.05, 0) is 30.4 Å². The Bertz CT molecular complexity index is 517. The summed E-state index contributed by atoms with van der Waals surface area (Å²) in [6.07, 6.45) is 2.93. The summed E-state index contributed by atoms with van der Waals surface area (Å²) >= 11 is 0. The lowest BCUT2D eigenvalue weighted by Crippen LogP contribution is -2.33. The summed E-state index contributed by atoms with van der Waals surface area (Å²) in [6, 6.07) is 3.02. The van der Waals surface area contributed by atoms with Gasteiger partial charge in [0, 0.05) is 11.6 Å². The number of rotatable bonds is 4. The van der Waals surface area contributed by atoms with Gasteiger partial charge in [0.1, 0.15) is 11.6 Å². The second kappa shape index (κ2) is 5.43. The Labute approximate surface area is 118 Å². The van der Waals surface area contributed by atoms with Gasteiger partial charge in [-0.25, -0.2) is 4.39 Å². The molecule has 0 aliphatic heterocycles. The van der Waals surface area contributed by atoms with Crippen molar-refractivity contribution in [1.82, 2.24) is 0 Å². The first-order valence-electron chi connectivity index (χ1n) is 7.03. The number of hydrogen-bond donors (Lipinski definition) is 1. The standard InChI is InChI=1S/C16H21FO3/c1-10(2)11-8-12(14(20-3)9-13(11)17)16(15(18)19)6-4-5-7-16/h8-10H,4-7H2,1-3H3,(H,18,19). The number of carboxylic acids is 1. The zero-order chi connectivity index (χ0) is 14.9. The lowest BCUT2D eigenvalue weighted by Gasteiger charge is -2.27. The van der Waals surface area contributed by atoms with E-state index in [-0.39, 0.29) is 11.7 Å². The lowest BCUT2D eigenvalue weighted by atomic mass is 9.77. The van der Waals surface area contributed by atoms with Gasteiger partial charge < -0.3 is 9.84 Å². The molecule has 0 aromatic heterocycles.